The van der Waals surface area contributed by atoms with Crippen molar-refractivity contribution in [1.82, 2.24) is 0 Å². The van der Waals surface area contributed by atoms with Crippen molar-refractivity contribution < 1.29 is 9.84 Å². The number of hydrogen-bond acceptors (Lipinski definition) is 2. The molecule has 0 saturated carbocycles. The first-order valence-corrected chi connectivity index (χ1v) is 6.05. The zero-order valence-electron chi connectivity index (χ0n) is 9.54. The van der Waals surface area contributed by atoms with E-state index in [1.54, 1.807) is 0 Å². The van der Waals surface area contributed by atoms with Crippen molar-refractivity contribution in [3.8, 4) is 0 Å². The van der Waals surface area contributed by atoms with Crippen molar-refractivity contribution in [3.05, 3.63) is 0 Å². The SMILES string of the molecule is CCCCC(CC)C(O)C1CCOC1. The van der Waals surface area contributed by atoms with E-state index in [4.69, 9.17) is 4.74 Å². The average molecular weight is 200 g/mol. The summed E-state index contributed by atoms with van der Waals surface area (Å²) in [5.41, 5.74) is 0. The first-order valence-electron chi connectivity index (χ1n) is 6.05. The lowest BCUT2D eigenvalue weighted by Crippen LogP contribution is -2.29. The maximum absolute atomic E-state index is 10.2. The van der Waals surface area contributed by atoms with Crippen molar-refractivity contribution in [1.29, 1.82) is 0 Å². The molecule has 1 aliphatic heterocycles. The number of hydrogen-bond donors (Lipinski definition) is 1. The van der Waals surface area contributed by atoms with Gasteiger partial charge in [0, 0.05) is 12.5 Å². The van der Waals surface area contributed by atoms with Crippen LogP contribution in [-0.2, 0) is 4.74 Å². The second-order valence-corrected chi connectivity index (χ2v) is 4.42. The van der Waals surface area contributed by atoms with Crippen LogP contribution in [0.5, 0.6) is 0 Å². The Morgan fingerprint density at radius 1 is 1.43 bits per heavy atom. The summed E-state index contributed by atoms with van der Waals surface area (Å²) in [7, 11) is 0. The Labute approximate surface area is 87.7 Å². The van der Waals surface area contributed by atoms with Gasteiger partial charge in [-0.3, -0.25) is 0 Å². The van der Waals surface area contributed by atoms with E-state index in [0.717, 1.165) is 26.1 Å². The summed E-state index contributed by atoms with van der Waals surface area (Å²) < 4.78 is 5.32. The largest absolute Gasteiger partial charge is 0.392 e. The van der Waals surface area contributed by atoms with Crippen LogP contribution in [0, 0.1) is 11.8 Å². The van der Waals surface area contributed by atoms with E-state index in [1.807, 2.05) is 0 Å². The Balaban J connectivity index is 2.33. The third-order valence-corrected chi connectivity index (χ3v) is 3.38. The summed E-state index contributed by atoms with van der Waals surface area (Å²) in [5, 5.41) is 10.2. The molecule has 14 heavy (non-hydrogen) atoms. The van der Waals surface area contributed by atoms with E-state index < -0.39 is 0 Å². The predicted octanol–water partition coefficient (Wildman–Crippen LogP) is 2.60. The van der Waals surface area contributed by atoms with Gasteiger partial charge in [-0.2, -0.15) is 0 Å². The van der Waals surface area contributed by atoms with Crippen LogP contribution in [0.25, 0.3) is 0 Å². The van der Waals surface area contributed by atoms with Crippen LogP contribution in [0.3, 0.4) is 0 Å². The van der Waals surface area contributed by atoms with Gasteiger partial charge in [0.25, 0.3) is 0 Å². The van der Waals surface area contributed by atoms with Crippen molar-refractivity contribution >= 4 is 0 Å². The predicted molar refractivity (Wildman–Crippen MR) is 58.2 cm³/mol. The highest BCUT2D eigenvalue weighted by Gasteiger charge is 2.29. The lowest BCUT2D eigenvalue weighted by Gasteiger charge is -2.25. The van der Waals surface area contributed by atoms with Gasteiger partial charge < -0.3 is 9.84 Å². The van der Waals surface area contributed by atoms with Crippen molar-refractivity contribution in [2.45, 2.75) is 52.1 Å². The third-order valence-electron chi connectivity index (χ3n) is 3.38. The highest BCUT2D eigenvalue weighted by atomic mass is 16.5. The lowest BCUT2D eigenvalue weighted by atomic mass is 9.85. The molecule has 1 rings (SSSR count). The molecule has 0 radical (unpaired) electrons. The minimum absolute atomic E-state index is 0.131. The topological polar surface area (TPSA) is 29.5 Å². The monoisotopic (exact) mass is 200 g/mol. The molecule has 0 aromatic carbocycles. The molecule has 0 bridgehead atoms. The molecule has 1 fully saturated rings. The molecule has 2 heteroatoms. The van der Waals surface area contributed by atoms with Crippen LogP contribution in [0.1, 0.15) is 46.0 Å². The number of rotatable bonds is 6. The van der Waals surface area contributed by atoms with Crippen LogP contribution in [0.4, 0.5) is 0 Å². The molecule has 1 aliphatic rings. The Kier molecular flexibility index (Phi) is 5.49. The van der Waals surface area contributed by atoms with Gasteiger partial charge in [0.1, 0.15) is 0 Å². The first-order chi connectivity index (χ1) is 6.79. The fraction of sp³-hybridized carbons (Fsp3) is 1.00. The van der Waals surface area contributed by atoms with Crippen molar-refractivity contribution in [2.75, 3.05) is 13.2 Å². The smallest absolute Gasteiger partial charge is 0.0619 e. The second kappa shape index (κ2) is 6.41. The average Bonchev–Trinajstić information content (AvgIpc) is 2.71. The quantitative estimate of drug-likeness (QED) is 0.714. The molecule has 84 valence electrons. The summed E-state index contributed by atoms with van der Waals surface area (Å²) in [6, 6.07) is 0. The van der Waals surface area contributed by atoms with E-state index in [0.29, 0.717) is 11.8 Å². The molecule has 0 aromatic rings. The fourth-order valence-electron chi connectivity index (χ4n) is 2.29. The molecule has 3 unspecified atom stereocenters. The summed E-state index contributed by atoms with van der Waals surface area (Å²) in [4.78, 5) is 0. The molecule has 0 amide bonds. The van der Waals surface area contributed by atoms with Gasteiger partial charge >= 0.3 is 0 Å². The van der Waals surface area contributed by atoms with Gasteiger partial charge in [-0.05, 0) is 18.8 Å². The molecule has 0 aliphatic carbocycles. The van der Waals surface area contributed by atoms with Crippen LogP contribution in [-0.4, -0.2) is 24.4 Å². The first kappa shape index (κ1) is 12.0. The molecule has 0 aromatic heterocycles. The van der Waals surface area contributed by atoms with E-state index in [2.05, 4.69) is 13.8 Å². The highest BCUT2D eigenvalue weighted by Crippen LogP contribution is 2.27. The Morgan fingerprint density at radius 2 is 2.21 bits per heavy atom. The van der Waals surface area contributed by atoms with E-state index >= 15 is 0 Å². The fourth-order valence-corrected chi connectivity index (χ4v) is 2.29. The van der Waals surface area contributed by atoms with E-state index in [9.17, 15) is 5.11 Å². The van der Waals surface area contributed by atoms with Crippen molar-refractivity contribution in [3.63, 3.8) is 0 Å². The zero-order valence-corrected chi connectivity index (χ0v) is 9.54. The molecule has 1 N–H and O–H groups in total. The molecule has 3 atom stereocenters. The van der Waals surface area contributed by atoms with Crippen LogP contribution in [0.2, 0.25) is 0 Å². The van der Waals surface area contributed by atoms with Crippen LogP contribution in [0.15, 0.2) is 0 Å². The molecular weight excluding hydrogens is 176 g/mol. The number of aliphatic hydroxyl groups is 1. The molecular formula is C12H24O2. The maximum Gasteiger partial charge on any atom is 0.0619 e. The van der Waals surface area contributed by atoms with E-state index in [-0.39, 0.29) is 6.10 Å². The zero-order chi connectivity index (χ0) is 10.4. The van der Waals surface area contributed by atoms with Gasteiger partial charge in [0.2, 0.25) is 0 Å². The lowest BCUT2D eigenvalue weighted by molar-refractivity contribution is 0.0370. The van der Waals surface area contributed by atoms with Gasteiger partial charge in [-0.25, -0.2) is 0 Å². The highest BCUT2D eigenvalue weighted by molar-refractivity contribution is 4.78. The van der Waals surface area contributed by atoms with Crippen LogP contribution >= 0.6 is 0 Å². The standard InChI is InChI=1S/C12H24O2/c1-3-5-6-10(4-2)12(13)11-7-8-14-9-11/h10-13H,3-9H2,1-2H3. The van der Waals surface area contributed by atoms with Crippen molar-refractivity contribution in [2.24, 2.45) is 11.8 Å². The van der Waals surface area contributed by atoms with Gasteiger partial charge in [-0.1, -0.05) is 33.1 Å². The third kappa shape index (κ3) is 3.25. The maximum atomic E-state index is 10.2. The van der Waals surface area contributed by atoms with E-state index in [1.165, 1.54) is 19.3 Å². The molecule has 1 heterocycles. The van der Waals surface area contributed by atoms with Gasteiger partial charge in [-0.15, -0.1) is 0 Å². The molecule has 1 saturated heterocycles. The van der Waals surface area contributed by atoms with Gasteiger partial charge in [0.15, 0.2) is 0 Å². The number of ether oxygens (including phenoxy) is 1. The molecule has 0 spiro atoms. The minimum atomic E-state index is -0.131. The van der Waals surface area contributed by atoms with Crippen LogP contribution < -0.4 is 0 Å². The Hall–Kier alpha value is -0.0800. The number of unbranched alkanes of at least 4 members (excludes halogenated alkanes) is 1. The second-order valence-electron chi connectivity index (χ2n) is 4.42. The summed E-state index contributed by atoms with van der Waals surface area (Å²) >= 11 is 0. The summed E-state index contributed by atoms with van der Waals surface area (Å²) in [6.45, 7) is 5.99. The Morgan fingerprint density at radius 3 is 2.71 bits per heavy atom. The summed E-state index contributed by atoms with van der Waals surface area (Å²) in [5.74, 6) is 0.887. The minimum Gasteiger partial charge on any atom is -0.392 e. The van der Waals surface area contributed by atoms with Gasteiger partial charge in [0.05, 0.1) is 12.7 Å². The Bertz CT molecular complexity index is 141. The summed E-state index contributed by atoms with van der Waals surface area (Å²) in [6.07, 6.45) is 5.65. The molecule has 2 nitrogen and oxygen atoms in total. The number of aliphatic hydroxyl groups excluding tert-OH is 1. The normalized spacial score (nSPS) is 26.4.